The topological polar surface area (TPSA) is 74.9 Å². The number of carbonyl (C=O) groups is 2. The number of rotatable bonds is 5. The van der Waals surface area contributed by atoms with Crippen LogP contribution in [0.4, 0.5) is 5.69 Å². The molecule has 6 nitrogen and oxygen atoms in total. The number of carboxylic acid groups (broad SMARTS) is 1. The van der Waals surface area contributed by atoms with Crippen LogP contribution in [0.1, 0.15) is 21.5 Å². The molecule has 0 spiro atoms. The molecule has 186 valence electrons. The number of aliphatic imine (C=N–C) groups is 1. The minimum Gasteiger partial charge on any atom is -0.478 e. The Morgan fingerprint density at radius 2 is 1.63 bits per heavy atom. The lowest BCUT2D eigenvalue weighted by Crippen LogP contribution is -2.23. The molecule has 1 N–H and O–H groups in total. The van der Waals surface area contributed by atoms with E-state index in [0.717, 1.165) is 16.5 Å². The van der Waals surface area contributed by atoms with E-state index >= 15 is 0 Å². The van der Waals surface area contributed by atoms with Crippen molar-refractivity contribution in [3.8, 4) is 0 Å². The van der Waals surface area contributed by atoms with Crippen LogP contribution in [-0.4, -0.2) is 38.7 Å². The third kappa shape index (κ3) is 4.37. The maximum atomic E-state index is 13.1. The van der Waals surface area contributed by atoms with E-state index in [1.165, 1.54) is 45.1 Å². The predicted molar refractivity (Wildman–Crippen MR) is 154 cm³/mol. The van der Waals surface area contributed by atoms with Gasteiger partial charge in [0.15, 0.2) is 5.17 Å². The van der Waals surface area contributed by atoms with Gasteiger partial charge in [-0.05, 0) is 64.5 Å². The molecule has 1 aliphatic rings. The molecule has 2 heterocycles. The summed E-state index contributed by atoms with van der Waals surface area (Å²) in [6, 6.07) is 29.3. The Balaban J connectivity index is 1.34. The van der Waals surface area contributed by atoms with Crippen LogP contribution in [0.2, 0.25) is 0 Å². The molecule has 0 saturated carbocycles. The molecule has 1 saturated heterocycles. The number of likely N-dealkylation sites (N-methyl/N-ethyl adjacent to an activating group) is 1. The molecule has 0 aliphatic carbocycles. The van der Waals surface area contributed by atoms with Crippen molar-refractivity contribution in [1.82, 2.24) is 9.47 Å². The zero-order chi connectivity index (χ0) is 26.2. The molecule has 1 aromatic heterocycles. The number of amidine groups is 1. The molecule has 1 fully saturated rings. The summed E-state index contributed by atoms with van der Waals surface area (Å²) < 4.78 is 2.23. The van der Waals surface area contributed by atoms with Gasteiger partial charge in [0.2, 0.25) is 0 Å². The number of para-hydroxylation sites is 1. The van der Waals surface area contributed by atoms with Gasteiger partial charge in [0.25, 0.3) is 5.91 Å². The molecule has 7 heteroatoms. The monoisotopic (exact) mass is 517 g/mol. The molecule has 1 amide bonds. The van der Waals surface area contributed by atoms with Gasteiger partial charge in [0, 0.05) is 36.3 Å². The predicted octanol–water partition coefficient (Wildman–Crippen LogP) is 6.77. The molecule has 5 aromatic rings. The first-order valence-electron chi connectivity index (χ1n) is 12.1. The van der Waals surface area contributed by atoms with Crippen molar-refractivity contribution in [2.75, 3.05) is 7.05 Å². The van der Waals surface area contributed by atoms with Gasteiger partial charge in [0.05, 0.1) is 16.2 Å². The summed E-state index contributed by atoms with van der Waals surface area (Å²) in [6.07, 6.45) is 4.04. The third-order valence-electron chi connectivity index (χ3n) is 6.67. The fourth-order valence-corrected chi connectivity index (χ4v) is 5.69. The Bertz CT molecular complexity index is 1780. The lowest BCUT2D eigenvalue weighted by molar-refractivity contribution is -0.121. The van der Waals surface area contributed by atoms with Crippen LogP contribution < -0.4 is 0 Å². The number of nitrogens with zero attached hydrogens (tertiary/aromatic N) is 3. The molecule has 4 aromatic carbocycles. The van der Waals surface area contributed by atoms with Gasteiger partial charge in [-0.1, -0.05) is 60.7 Å². The summed E-state index contributed by atoms with van der Waals surface area (Å²) >= 11 is 1.31. The second-order valence-electron chi connectivity index (χ2n) is 9.09. The van der Waals surface area contributed by atoms with Crippen LogP contribution in [0.3, 0.4) is 0 Å². The zero-order valence-corrected chi connectivity index (χ0v) is 21.4. The van der Waals surface area contributed by atoms with E-state index in [9.17, 15) is 9.59 Å². The van der Waals surface area contributed by atoms with Gasteiger partial charge < -0.3 is 9.67 Å². The van der Waals surface area contributed by atoms with Crippen LogP contribution in [0.25, 0.3) is 27.8 Å². The van der Waals surface area contributed by atoms with Gasteiger partial charge in [-0.25, -0.2) is 9.79 Å². The summed E-state index contributed by atoms with van der Waals surface area (Å²) in [7, 11) is 1.70. The highest BCUT2D eigenvalue weighted by Crippen LogP contribution is 2.35. The summed E-state index contributed by atoms with van der Waals surface area (Å²) in [5.41, 5.74) is 4.08. The number of amides is 1. The Labute approximate surface area is 223 Å². The molecule has 0 atom stereocenters. The number of carboxylic acids is 1. The van der Waals surface area contributed by atoms with Crippen LogP contribution in [0.5, 0.6) is 0 Å². The van der Waals surface area contributed by atoms with E-state index < -0.39 is 5.97 Å². The molecule has 1 aliphatic heterocycles. The van der Waals surface area contributed by atoms with E-state index in [2.05, 4.69) is 70.4 Å². The van der Waals surface area contributed by atoms with Crippen molar-refractivity contribution in [3.05, 3.63) is 119 Å². The summed E-state index contributed by atoms with van der Waals surface area (Å²) in [5.74, 6) is -1.11. The number of hydrogen-bond donors (Lipinski definition) is 1. The largest absolute Gasteiger partial charge is 0.478 e. The first kappa shape index (κ1) is 23.8. The smallest absolute Gasteiger partial charge is 0.335 e. The third-order valence-corrected chi connectivity index (χ3v) is 7.73. The van der Waals surface area contributed by atoms with Gasteiger partial charge in [-0.3, -0.25) is 9.69 Å². The second-order valence-corrected chi connectivity index (χ2v) is 10.1. The average Bonchev–Trinajstić information content (AvgIpc) is 3.41. The van der Waals surface area contributed by atoms with Gasteiger partial charge in [0.1, 0.15) is 0 Å². The number of thioether (sulfide) groups is 1. The molecular weight excluding hydrogens is 494 g/mol. The lowest BCUT2D eigenvalue weighted by Gasteiger charge is -2.09. The zero-order valence-electron chi connectivity index (χ0n) is 20.5. The summed E-state index contributed by atoms with van der Waals surface area (Å²) in [6.45, 7) is 0.713. The highest BCUT2D eigenvalue weighted by Gasteiger charge is 2.30. The number of hydrogen-bond acceptors (Lipinski definition) is 4. The Hall–Kier alpha value is -4.62. The second kappa shape index (κ2) is 9.68. The fourth-order valence-electron chi connectivity index (χ4n) is 4.72. The standard InChI is InChI=1S/C31H23N3O3S/c1-33-29(35)28(38-31(33)32-24-15-13-21(14-16-24)30(36)37)17-23-19-34(27-12-5-4-11-26(23)27)18-22-9-6-8-20-7-2-3-10-25(20)22/h2-17,19H,18H2,1H3,(H,36,37)/b28-17-,32-31?. The maximum Gasteiger partial charge on any atom is 0.335 e. The van der Waals surface area contributed by atoms with Crippen molar-refractivity contribution in [1.29, 1.82) is 0 Å². The lowest BCUT2D eigenvalue weighted by atomic mass is 10.0. The maximum absolute atomic E-state index is 13.1. The normalized spacial score (nSPS) is 15.8. The van der Waals surface area contributed by atoms with Gasteiger partial charge >= 0.3 is 5.97 Å². The number of benzene rings is 4. The molecule has 0 bridgehead atoms. The van der Waals surface area contributed by atoms with Crippen molar-refractivity contribution in [3.63, 3.8) is 0 Å². The number of carbonyl (C=O) groups excluding carboxylic acids is 1. The molecular formula is C31H23N3O3S. The Kier molecular flexibility index (Phi) is 6.05. The highest BCUT2D eigenvalue weighted by molar-refractivity contribution is 8.18. The van der Waals surface area contributed by atoms with Crippen molar-refractivity contribution in [2.45, 2.75) is 6.54 Å². The number of fused-ring (bicyclic) bond motifs is 2. The van der Waals surface area contributed by atoms with E-state index in [-0.39, 0.29) is 11.5 Å². The fraction of sp³-hybridized carbons (Fsp3) is 0.0645. The van der Waals surface area contributed by atoms with Crippen LogP contribution in [0.15, 0.2) is 107 Å². The molecule has 0 radical (unpaired) electrons. The van der Waals surface area contributed by atoms with E-state index in [0.29, 0.717) is 22.3 Å². The van der Waals surface area contributed by atoms with Crippen LogP contribution in [-0.2, 0) is 11.3 Å². The molecule has 0 unspecified atom stereocenters. The van der Waals surface area contributed by atoms with E-state index in [4.69, 9.17) is 5.11 Å². The minimum absolute atomic E-state index is 0.123. The van der Waals surface area contributed by atoms with Crippen molar-refractivity contribution >= 4 is 62.2 Å². The van der Waals surface area contributed by atoms with E-state index in [1.807, 2.05) is 18.2 Å². The first-order chi connectivity index (χ1) is 18.5. The van der Waals surface area contributed by atoms with Crippen molar-refractivity contribution < 1.29 is 14.7 Å². The number of aromatic carboxylic acids is 1. The molecule has 6 rings (SSSR count). The van der Waals surface area contributed by atoms with Gasteiger partial charge in [-0.15, -0.1) is 0 Å². The van der Waals surface area contributed by atoms with Crippen molar-refractivity contribution in [2.24, 2.45) is 4.99 Å². The van der Waals surface area contributed by atoms with Gasteiger partial charge in [-0.2, -0.15) is 0 Å². The minimum atomic E-state index is -0.989. The Morgan fingerprint density at radius 1 is 0.921 bits per heavy atom. The number of aromatic nitrogens is 1. The summed E-state index contributed by atoms with van der Waals surface area (Å²) in [5, 5.41) is 13.2. The molecule has 38 heavy (non-hydrogen) atoms. The summed E-state index contributed by atoms with van der Waals surface area (Å²) in [4.78, 5) is 30.9. The van der Waals surface area contributed by atoms with Crippen LogP contribution in [0, 0.1) is 0 Å². The quantitative estimate of drug-likeness (QED) is 0.261. The first-order valence-corrected chi connectivity index (χ1v) is 12.9. The SMILES string of the molecule is CN1C(=O)/C(=C/c2cn(Cc3cccc4ccccc34)c3ccccc23)SC1=Nc1ccc(C(=O)O)cc1. The van der Waals surface area contributed by atoms with E-state index in [1.54, 1.807) is 19.2 Å². The van der Waals surface area contributed by atoms with Crippen LogP contribution >= 0.6 is 11.8 Å². The average molecular weight is 518 g/mol. The Morgan fingerprint density at radius 3 is 2.42 bits per heavy atom. The highest BCUT2D eigenvalue weighted by atomic mass is 32.2.